The Hall–Kier alpha value is -1.47. The van der Waals surface area contributed by atoms with Gasteiger partial charge in [0.15, 0.2) is 0 Å². The lowest BCUT2D eigenvalue weighted by molar-refractivity contribution is -0.126. The molecule has 1 amide bonds. The monoisotopic (exact) mass is 311 g/mol. The molecule has 1 aliphatic heterocycles. The fourth-order valence-electron chi connectivity index (χ4n) is 2.61. The van der Waals surface area contributed by atoms with Gasteiger partial charge in [-0.25, -0.2) is 8.42 Å². The van der Waals surface area contributed by atoms with Gasteiger partial charge in [-0.1, -0.05) is 6.42 Å². The summed E-state index contributed by atoms with van der Waals surface area (Å²) in [6.45, 7) is 2.29. The second-order valence-electron chi connectivity index (χ2n) is 5.40. The van der Waals surface area contributed by atoms with Crippen LogP contribution >= 0.6 is 0 Å². The van der Waals surface area contributed by atoms with Gasteiger partial charge in [-0.05, 0) is 37.5 Å². The minimum absolute atomic E-state index is 0.177. The maximum atomic E-state index is 12.4. The molecule has 0 aliphatic carbocycles. The van der Waals surface area contributed by atoms with E-state index in [2.05, 4.69) is 10.3 Å². The van der Waals surface area contributed by atoms with E-state index in [9.17, 15) is 13.2 Å². The lowest BCUT2D eigenvalue weighted by Gasteiger charge is -2.33. The lowest BCUT2D eigenvalue weighted by atomic mass is 10.0. The molecule has 0 bridgehead atoms. The van der Waals surface area contributed by atoms with Crippen LogP contribution in [0.2, 0.25) is 0 Å². The van der Waals surface area contributed by atoms with Crippen LogP contribution in [-0.2, 0) is 14.8 Å². The smallest absolute Gasteiger partial charge is 0.238 e. The lowest BCUT2D eigenvalue weighted by Crippen LogP contribution is -2.51. The van der Waals surface area contributed by atoms with Crippen LogP contribution in [0.1, 0.15) is 37.8 Å². The quantitative estimate of drug-likeness (QED) is 0.902. The molecule has 6 nitrogen and oxygen atoms in total. The molecule has 1 aromatic heterocycles. The Bertz CT molecular complexity index is 589. The van der Waals surface area contributed by atoms with Crippen LogP contribution in [0, 0.1) is 0 Å². The van der Waals surface area contributed by atoms with Gasteiger partial charge in [-0.2, -0.15) is 4.31 Å². The van der Waals surface area contributed by atoms with E-state index in [0.29, 0.717) is 13.0 Å². The van der Waals surface area contributed by atoms with E-state index in [4.69, 9.17) is 0 Å². The van der Waals surface area contributed by atoms with Crippen LogP contribution in [0.25, 0.3) is 0 Å². The molecule has 0 spiro atoms. The van der Waals surface area contributed by atoms with Crippen molar-refractivity contribution in [3.05, 3.63) is 30.1 Å². The standard InChI is InChI=1S/C14H21N3O3S/c1-11(12-6-8-15-9-7-12)16-14(18)13-5-3-4-10-17(13)21(2,19)20/h6-9,11,13H,3-5,10H2,1-2H3,(H,16,18)/t11-,13-/m1/s1. The number of piperidine rings is 1. The van der Waals surface area contributed by atoms with Crippen LogP contribution in [0.4, 0.5) is 0 Å². The predicted molar refractivity (Wildman–Crippen MR) is 80.0 cm³/mol. The van der Waals surface area contributed by atoms with Crippen molar-refractivity contribution in [3.63, 3.8) is 0 Å². The van der Waals surface area contributed by atoms with E-state index < -0.39 is 16.1 Å². The topological polar surface area (TPSA) is 79.4 Å². The summed E-state index contributed by atoms with van der Waals surface area (Å²) in [4.78, 5) is 16.3. The summed E-state index contributed by atoms with van der Waals surface area (Å²) in [5, 5.41) is 2.90. The van der Waals surface area contributed by atoms with Gasteiger partial charge in [0.05, 0.1) is 12.3 Å². The number of hydrogen-bond acceptors (Lipinski definition) is 4. The van der Waals surface area contributed by atoms with Crippen LogP contribution in [0.5, 0.6) is 0 Å². The van der Waals surface area contributed by atoms with E-state index in [1.165, 1.54) is 4.31 Å². The Morgan fingerprint density at radius 1 is 1.38 bits per heavy atom. The van der Waals surface area contributed by atoms with Crippen LogP contribution in [0.15, 0.2) is 24.5 Å². The molecule has 2 atom stereocenters. The van der Waals surface area contributed by atoms with Crippen LogP contribution in [-0.4, -0.2) is 42.5 Å². The minimum Gasteiger partial charge on any atom is -0.348 e. The van der Waals surface area contributed by atoms with Crippen LogP contribution in [0.3, 0.4) is 0 Å². The van der Waals surface area contributed by atoms with Gasteiger partial charge in [-0.3, -0.25) is 9.78 Å². The van der Waals surface area contributed by atoms with Gasteiger partial charge in [0.2, 0.25) is 15.9 Å². The molecule has 1 fully saturated rings. The van der Waals surface area contributed by atoms with Crippen molar-refractivity contribution >= 4 is 15.9 Å². The summed E-state index contributed by atoms with van der Waals surface area (Å²) < 4.78 is 24.9. The number of hydrogen-bond donors (Lipinski definition) is 1. The molecule has 116 valence electrons. The maximum Gasteiger partial charge on any atom is 0.238 e. The number of carbonyl (C=O) groups excluding carboxylic acids is 1. The van der Waals surface area contributed by atoms with Crippen molar-refractivity contribution in [1.29, 1.82) is 0 Å². The van der Waals surface area contributed by atoms with Gasteiger partial charge in [0.1, 0.15) is 6.04 Å². The number of pyridine rings is 1. The van der Waals surface area contributed by atoms with Gasteiger partial charge in [0.25, 0.3) is 0 Å². The first-order valence-corrected chi connectivity index (χ1v) is 8.91. The molecule has 1 saturated heterocycles. The summed E-state index contributed by atoms with van der Waals surface area (Å²) in [5.74, 6) is -0.232. The number of nitrogens with one attached hydrogen (secondary N) is 1. The summed E-state index contributed by atoms with van der Waals surface area (Å²) in [7, 11) is -3.36. The average molecular weight is 311 g/mol. The first-order valence-electron chi connectivity index (χ1n) is 7.06. The van der Waals surface area contributed by atoms with Gasteiger partial charge in [0, 0.05) is 18.9 Å². The molecule has 1 aliphatic rings. The molecule has 0 saturated carbocycles. The number of sulfonamides is 1. The molecule has 1 aromatic rings. The average Bonchev–Trinajstić information content (AvgIpc) is 2.47. The second-order valence-corrected chi connectivity index (χ2v) is 7.33. The number of nitrogens with zero attached hydrogens (tertiary/aromatic N) is 2. The maximum absolute atomic E-state index is 12.4. The molecule has 21 heavy (non-hydrogen) atoms. The number of amides is 1. The molecule has 2 heterocycles. The van der Waals surface area contributed by atoms with E-state index >= 15 is 0 Å². The molecule has 0 aromatic carbocycles. The van der Waals surface area contributed by atoms with Crippen molar-refractivity contribution in [3.8, 4) is 0 Å². The highest BCUT2D eigenvalue weighted by atomic mass is 32.2. The molecule has 7 heteroatoms. The third kappa shape index (κ3) is 4.01. The van der Waals surface area contributed by atoms with Crippen molar-refractivity contribution in [2.24, 2.45) is 0 Å². The zero-order chi connectivity index (χ0) is 15.5. The molecule has 2 rings (SSSR count). The zero-order valence-corrected chi connectivity index (χ0v) is 13.1. The number of rotatable bonds is 4. The summed E-state index contributed by atoms with van der Waals surface area (Å²) in [6.07, 6.45) is 6.74. The summed E-state index contributed by atoms with van der Waals surface area (Å²) in [6, 6.07) is 2.89. The van der Waals surface area contributed by atoms with E-state index in [-0.39, 0.29) is 11.9 Å². The highest BCUT2D eigenvalue weighted by Gasteiger charge is 2.34. The molecule has 0 unspecified atom stereocenters. The highest BCUT2D eigenvalue weighted by molar-refractivity contribution is 7.88. The second kappa shape index (κ2) is 6.53. The van der Waals surface area contributed by atoms with Crippen molar-refractivity contribution in [2.45, 2.75) is 38.3 Å². The normalized spacial score (nSPS) is 21.7. The Kier molecular flexibility index (Phi) is 4.95. The largest absolute Gasteiger partial charge is 0.348 e. The molecular weight excluding hydrogens is 290 g/mol. The predicted octanol–water partition coefficient (Wildman–Crippen LogP) is 1.07. The zero-order valence-electron chi connectivity index (χ0n) is 12.3. The Morgan fingerprint density at radius 3 is 2.67 bits per heavy atom. The van der Waals surface area contributed by atoms with Crippen molar-refractivity contribution < 1.29 is 13.2 Å². The van der Waals surface area contributed by atoms with E-state index in [0.717, 1.165) is 24.7 Å². The highest BCUT2D eigenvalue weighted by Crippen LogP contribution is 2.21. The summed E-state index contributed by atoms with van der Waals surface area (Å²) in [5.41, 5.74) is 0.945. The molecule has 0 radical (unpaired) electrons. The third-order valence-electron chi connectivity index (χ3n) is 3.75. The Morgan fingerprint density at radius 2 is 2.05 bits per heavy atom. The molecular formula is C14H21N3O3S. The van der Waals surface area contributed by atoms with Gasteiger partial charge < -0.3 is 5.32 Å². The van der Waals surface area contributed by atoms with E-state index in [1.807, 2.05) is 19.1 Å². The molecule has 1 N–H and O–H groups in total. The third-order valence-corrected chi connectivity index (χ3v) is 5.04. The van der Waals surface area contributed by atoms with Crippen molar-refractivity contribution in [1.82, 2.24) is 14.6 Å². The first kappa shape index (κ1) is 15.9. The summed E-state index contributed by atoms with van der Waals surface area (Å²) >= 11 is 0. The van der Waals surface area contributed by atoms with E-state index in [1.54, 1.807) is 12.4 Å². The number of carbonyl (C=O) groups is 1. The minimum atomic E-state index is -3.36. The Balaban J connectivity index is 2.08. The first-order chi connectivity index (χ1) is 9.89. The van der Waals surface area contributed by atoms with Gasteiger partial charge >= 0.3 is 0 Å². The van der Waals surface area contributed by atoms with Crippen LogP contribution < -0.4 is 5.32 Å². The fourth-order valence-corrected chi connectivity index (χ4v) is 3.73. The van der Waals surface area contributed by atoms with Crippen molar-refractivity contribution in [2.75, 3.05) is 12.8 Å². The number of aromatic nitrogens is 1. The van der Waals surface area contributed by atoms with Gasteiger partial charge in [-0.15, -0.1) is 0 Å². The fraction of sp³-hybridized carbons (Fsp3) is 0.571. The SMILES string of the molecule is C[C@@H](NC(=O)[C@H]1CCCCN1S(C)(=O)=O)c1ccncc1. The Labute approximate surface area is 125 Å².